The van der Waals surface area contributed by atoms with Gasteiger partial charge in [0.25, 0.3) is 0 Å². The molecule has 1 atom stereocenters. The molecule has 0 saturated heterocycles. The zero-order valence-electron chi connectivity index (χ0n) is 13.1. The van der Waals surface area contributed by atoms with Crippen LogP contribution in [0.1, 0.15) is 12.8 Å². The molecule has 3 rings (SSSR count). The third-order valence-corrected chi connectivity index (χ3v) is 4.16. The smallest absolute Gasteiger partial charge is 0.408 e. The predicted molar refractivity (Wildman–Crippen MR) is 85.2 cm³/mol. The van der Waals surface area contributed by atoms with E-state index in [1.807, 2.05) is 6.07 Å². The Morgan fingerprint density at radius 3 is 2.96 bits per heavy atom. The van der Waals surface area contributed by atoms with E-state index in [1.54, 1.807) is 25.2 Å². The minimum absolute atomic E-state index is 0.259. The lowest BCUT2D eigenvalue weighted by Gasteiger charge is -2.21. The number of oxazole rings is 1. The normalized spacial score (nSPS) is 15.6. The number of nitrogens with one attached hydrogen (secondary N) is 1. The molecular formula is C16H21N3O4. The summed E-state index contributed by atoms with van der Waals surface area (Å²) in [6.07, 6.45) is 1.62. The number of para-hydroxylation sites is 2. The van der Waals surface area contributed by atoms with Crippen LogP contribution in [-0.2, 0) is 6.54 Å². The summed E-state index contributed by atoms with van der Waals surface area (Å²) < 4.78 is 6.64. The van der Waals surface area contributed by atoms with E-state index in [-0.39, 0.29) is 6.03 Å². The quantitative estimate of drug-likeness (QED) is 0.832. The number of aliphatic hydroxyl groups is 1. The second-order valence-electron chi connectivity index (χ2n) is 6.00. The van der Waals surface area contributed by atoms with Gasteiger partial charge in [0.1, 0.15) is 0 Å². The van der Waals surface area contributed by atoms with Crippen molar-refractivity contribution >= 4 is 17.1 Å². The van der Waals surface area contributed by atoms with Gasteiger partial charge in [-0.2, -0.15) is 0 Å². The molecule has 0 radical (unpaired) electrons. The van der Waals surface area contributed by atoms with Gasteiger partial charge in [-0.15, -0.1) is 0 Å². The topological polar surface area (TPSA) is 87.7 Å². The standard InChI is InChI=1S/C16H21N3O4/c1-18(10-13(20)11-6-7-11)15(21)17-8-9-19-12-4-2-3-5-14(12)23-16(19)22/h2-5,11,13,20H,6-10H2,1H3,(H,17,21). The van der Waals surface area contributed by atoms with Gasteiger partial charge in [0, 0.05) is 26.7 Å². The second-order valence-corrected chi connectivity index (χ2v) is 6.00. The summed E-state index contributed by atoms with van der Waals surface area (Å²) in [4.78, 5) is 25.3. The van der Waals surface area contributed by atoms with Gasteiger partial charge in [0.15, 0.2) is 5.58 Å². The summed E-state index contributed by atoms with van der Waals surface area (Å²) in [6.45, 7) is 0.970. The van der Waals surface area contributed by atoms with E-state index in [0.717, 1.165) is 12.8 Å². The van der Waals surface area contributed by atoms with Crippen molar-refractivity contribution in [3.05, 3.63) is 34.8 Å². The van der Waals surface area contributed by atoms with Crippen molar-refractivity contribution in [2.45, 2.75) is 25.5 Å². The van der Waals surface area contributed by atoms with E-state index < -0.39 is 11.9 Å². The number of amides is 2. The molecule has 7 heteroatoms. The number of fused-ring (bicyclic) bond motifs is 1. The maximum Gasteiger partial charge on any atom is 0.420 e. The van der Waals surface area contributed by atoms with E-state index in [4.69, 9.17) is 4.42 Å². The monoisotopic (exact) mass is 319 g/mol. The number of nitrogens with zero attached hydrogens (tertiary/aromatic N) is 2. The maximum absolute atomic E-state index is 12.0. The van der Waals surface area contributed by atoms with Crippen molar-refractivity contribution in [1.82, 2.24) is 14.8 Å². The van der Waals surface area contributed by atoms with Crippen molar-refractivity contribution in [3.8, 4) is 0 Å². The molecule has 1 heterocycles. The summed E-state index contributed by atoms with van der Waals surface area (Å²) in [7, 11) is 1.65. The number of benzene rings is 1. The summed E-state index contributed by atoms with van der Waals surface area (Å²) in [5, 5.41) is 12.6. The molecule has 1 aliphatic carbocycles. The first-order chi connectivity index (χ1) is 11.1. The first kappa shape index (κ1) is 15.6. The molecule has 2 amide bonds. The molecule has 7 nitrogen and oxygen atoms in total. The van der Waals surface area contributed by atoms with Crippen LogP contribution >= 0.6 is 0 Å². The molecule has 2 N–H and O–H groups in total. The Hall–Kier alpha value is -2.28. The maximum atomic E-state index is 12.0. The lowest BCUT2D eigenvalue weighted by Crippen LogP contribution is -2.43. The van der Waals surface area contributed by atoms with Crippen LogP contribution in [0, 0.1) is 5.92 Å². The summed E-state index contributed by atoms with van der Waals surface area (Å²) in [5.41, 5.74) is 1.25. The molecule has 0 aliphatic heterocycles. The number of urea groups is 1. The van der Waals surface area contributed by atoms with Crippen LogP contribution in [0.3, 0.4) is 0 Å². The van der Waals surface area contributed by atoms with Crippen LogP contribution in [0.15, 0.2) is 33.5 Å². The molecule has 1 aromatic heterocycles. The van der Waals surface area contributed by atoms with Crippen molar-refractivity contribution in [2.75, 3.05) is 20.1 Å². The first-order valence-electron chi connectivity index (χ1n) is 7.81. The molecule has 2 aromatic rings. The molecule has 23 heavy (non-hydrogen) atoms. The highest BCUT2D eigenvalue weighted by molar-refractivity contribution is 5.74. The molecule has 124 valence electrons. The molecule has 1 saturated carbocycles. The number of hydrogen-bond acceptors (Lipinski definition) is 4. The minimum Gasteiger partial charge on any atom is -0.408 e. The van der Waals surface area contributed by atoms with Gasteiger partial charge in [-0.25, -0.2) is 9.59 Å². The number of carbonyl (C=O) groups excluding carboxylic acids is 1. The minimum atomic E-state index is -0.453. The highest BCUT2D eigenvalue weighted by atomic mass is 16.4. The first-order valence-corrected chi connectivity index (χ1v) is 7.81. The van der Waals surface area contributed by atoms with Crippen molar-refractivity contribution in [2.24, 2.45) is 5.92 Å². The van der Waals surface area contributed by atoms with Crippen molar-refractivity contribution in [1.29, 1.82) is 0 Å². The van der Waals surface area contributed by atoms with E-state index >= 15 is 0 Å². The van der Waals surface area contributed by atoms with Gasteiger partial charge < -0.3 is 19.7 Å². The molecular weight excluding hydrogens is 298 g/mol. The fraction of sp³-hybridized carbons (Fsp3) is 0.500. The van der Waals surface area contributed by atoms with Crippen LogP contribution in [0.2, 0.25) is 0 Å². The van der Waals surface area contributed by atoms with Crippen LogP contribution < -0.4 is 11.1 Å². The molecule has 1 fully saturated rings. The van der Waals surface area contributed by atoms with Gasteiger partial charge in [0.05, 0.1) is 11.6 Å². The van der Waals surface area contributed by atoms with Crippen LogP contribution in [-0.4, -0.2) is 46.8 Å². The van der Waals surface area contributed by atoms with Gasteiger partial charge in [-0.05, 0) is 30.9 Å². The van der Waals surface area contributed by atoms with Crippen LogP contribution in [0.5, 0.6) is 0 Å². The third-order valence-electron chi connectivity index (χ3n) is 4.16. The average Bonchev–Trinajstić information content (AvgIpc) is 3.32. The zero-order chi connectivity index (χ0) is 16.4. The predicted octanol–water partition coefficient (Wildman–Crippen LogP) is 1.01. The molecule has 0 bridgehead atoms. The lowest BCUT2D eigenvalue weighted by atomic mass is 10.2. The Morgan fingerprint density at radius 1 is 1.48 bits per heavy atom. The summed E-state index contributed by atoms with van der Waals surface area (Å²) in [5.74, 6) is -0.0981. The van der Waals surface area contributed by atoms with Crippen molar-refractivity contribution < 1.29 is 14.3 Å². The highest BCUT2D eigenvalue weighted by Gasteiger charge is 2.31. The number of aliphatic hydroxyl groups excluding tert-OH is 1. The van der Waals surface area contributed by atoms with Crippen LogP contribution in [0.25, 0.3) is 11.1 Å². The van der Waals surface area contributed by atoms with Gasteiger partial charge in [-0.1, -0.05) is 12.1 Å². The molecule has 1 aromatic carbocycles. The van der Waals surface area contributed by atoms with Gasteiger partial charge >= 0.3 is 11.8 Å². The third kappa shape index (κ3) is 3.56. The Labute approximate surface area is 133 Å². The van der Waals surface area contributed by atoms with Gasteiger partial charge in [-0.3, -0.25) is 4.57 Å². The SMILES string of the molecule is CN(CC(O)C1CC1)C(=O)NCCn1c(=O)oc2ccccc21. The second kappa shape index (κ2) is 6.45. The van der Waals surface area contributed by atoms with E-state index in [0.29, 0.717) is 36.7 Å². The summed E-state index contributed by atoms with van der Waals surface area (Å²) in [6, 6.07) is 6.92. The summed E-state index contributed by atoms with van der Waals surface area (Å²) >= 11 is 0. The molecule has 1 aliphatic rings. The molecule has 1 unspecified atom stereocenters. The zero-order valence-corrected chi connectivity index (χ0v) is 13.1. The number of aromatic nitrogens is 1. The largest absolute Gasteiger partial charge is 0.420 e. The van der Waals surface area contributed by atoms with Crippen LogP contribution in [0.4, 0.5) is 4.79 Å². The molecule has 0 spiro atoms. The fourth-order valence-electron chi connectivity index (χ4n) is 2.63. The Bertz CT molecular complexity index is 747. The number of likely N-dealkylation sites (N-methyl/N-ethyl adjacent to an activating group) is 1. The Morgan fingerprint density at radius 2 is 2.22 bits per heavy atom. The Kier molecular flexibility index (Phi) is 4.38. The average molecular weight is 319 g/mol. The lowest BCUT2D eigenvalue weighted by molar-refractivity contribution is 0.113. The number of hydrogen-bond donors (Lipinski definition) is 2. The van der Waals surface area contributed by atoms with Gasteiger partial charge in [0.2, 0.25) is 0 Å². The highest BCUT2D eigenvalue weighted by Crippen LogP contribution is 2.32. The Balaban J connectivity index is 1.52. The van der Waals surface area contributed by atoms with E-state index in [1.165, 1.54) is 9.47 Å². The van der Waals surface area contributed by atoms with E-state index in [9.17, 15) is 14.7 Å². The number of carbonyl (C=O) groups is 1. The van der Waals surface area contributed by atoms with Crippen molar-refractivity contribution in [3.63, 3.8) is 0 Å². The number of rotatable bonds is 6. The fourth-order valence-corrected chi connectivity index (χ4v) is 2.63. The van der Waals surface area contributed by atoms with E-state index in [2.05, 4.69) is 5.32 Å².